The molecule has 0 radical (unpaired) electrons. The molecule has 0 saturated heterocycles. The zero-order valence-corrected chi connectivity index (χ0v) is 15.2. The molecule has 1 N–H and O–H groups in total. The average Bonchev–Trinajstić information content (AvgIpc) is 2.97. The molecule has 0 aromatic heterocycles. The van der Waals surface area contributed by atoms with Crippen LogP contribution in [0.5, 0.6) is 0 Å². The molecule has 2 aliphatic heterocycles. The zero-order valence-electron chi connectivity index (χ0n) is 14.3. The largest absolute Gasteiger partial charge is 0.325 e. The molecular weight excluding hydrogens is 367 g/mol. The maximum absolute atomic E-state index is 12.9. The first-order valence-electron chi connectivity index (χ1n) is 8.31. The van der Waals surface area contributed by atoms with Gasteiger partial charge in [0.25, 0.3) is 5.91 Å². The number of hydrogen-bond acceptors (Lipinski definition) is 5. The van der Waals surface area contributed by atoms with Crippen molar-refractivity contribution >= 4 is 46.0 Å². The van der Waals surface area contributed by atoms with Gasteiger partial charge in [0.15, 0.2) is 5.17 Å². The number of nitrogens with one attached hydrogen (secondary N) is 1. The highest BCUT2D eigenvalue weighted by molar-refractivity contribution is 8.14. The minimum atomic E-state index is -0.481. The van der Waals surface area contributed by atoms with Crippen LogP contribution in [0.2, 0.25) is 0 Å². The van der Waals surface area contributed by atoms with Crippen LogP contribution in [0.25, 0.3) is 0 Å². The fourth-order valence-electron chi connectivity index (χ4n) is 2.83. The van der Waals surface area contributed by atoms with Crippen molar-refractivity contribution in [3.63, 3.8) is 0 Å². The highest BCUT2D eigenvalue weighted by Gasteiger charge is 2.39. The summed E-state index contributed by atoms with van der Waals surface area (Å²) in [6.45, 7) is 1.74. The van der Waals surface area contributed by atoms with Crippen molar-refractivity contribution in [1.82, 2.24) is 4.90 Å². The van der Waals surface area contributed by atoms with E-state index in [2.05, 4.69) is 15.3 Å². The number of aliphatic imine (C=N–C) groups is 2. The van der Waals surface area contributed by atoms with E-state index in [-0.39, 0.29) is 23.4 Å². The Morgan fingerprint density at radius 2 is 1.96 bits per heavy atom. The molecule has 1 atom stereocenters. The number of amides is 2. The molecule has 0 fully saturated rings. The Labute approximate surface area is 159 Å². The number of halogens is 1. The van der Waals surface area contributed by atoms with Crippen LogP contribution in [-0.2, 0) is 9.59 Å². The number of nitrogens with zero attached hydrogens (tertiary/aromatic N) is 3. The van der Waals surface area contributed by atoms with Gasteiger partial charge in [0, 0.05) is 11.3 Å². The van der Waals surface area contributed by atoms with E-state index in [9.17, 15) is 14.0 Å². The summed E-state index contributed by atoms with van der Waals surface area (Å²) < 4.78 is 12.9. The van der Waals surface area contributed by atoms with Crippen molar-refractivity contribution in [3.8, 4) is 0 Å². The second-order valence-corrected chi connectivity index (χ2v) is 7.00. The molecule has 2 aliphatic rings. The quantitative estimate of drug-likeness (QED) is 0.886. The summed E-state index contributed by atoms with van der Waals surface area (Å²) in [5.41, 5.74) is 2.03. The molecule has 8 heteroatoms. The van der Waals surface area contributed by atoms with Crippen molar-refractivity contribution in [2.24, 2.45) is 9.98 Å². The number of carbonyl (C=O) groups excluding carboxylic acids is 2. The molecule has 27 heavy (non-hydrogen) atoms. The van der Waals surface area contributed by atoms with Gasteiger partial charge in [0.2, 0.25) is 5.91 Å². The summed E-state index contributed by atoms with van der Waals surface area (Å²) in [5, 5.41) is 3.12. The van der Waals surface area contributed by atoms with E-state index in [1.165, 1.54) is 29.2 Å². The molecule has 4 rings (SSSR count). The third kappa shape index (κ3) is 3.35. The standard InChI is InChI=1S/C19H15FN4O2S/c1-11-18(26)24-17(21-11)14-4-2-3-5-15(14)23-19(24)27-10-16(25)22-13-8-6-12(20)7-9-13/h2-9,11H,10H2,1H3,(H,22,25)/t11-/m1/s1. The van der Waals surface area contributed by atoms with Crippen LogP contribution in [0, 0.1) is 5.82 Å². The minimum Gasteiger partial charge on any atom is -0.325 e. The third-order valence-electron chi connectivity index (χ3n) is 4.12. The van der Waals surface area contributed by atoms with Crippen molar-refractivity contribution < 1.29 is 14.0 Å². The van der Waals surface area contributed by atoms with Crippen molar-refractivity contribution in [3.05, 3.63) is 59.9 Å². The average molecular weight is 382 g/mol. The number of amidine groups is 2. The molecule has 2 amide bonds. The molecule has 2 heterocycles. The van der Waals surface area contributed by atoms with Crippen LogP contribution in [0.4, 0.5) is 15.8 Å². The molecule has 2 aromatic rings. The van der Waals surface area contributed by atoms with E-state index < -0.39 is 6.04 Å². The summed E-state index contributed by atoms with van der Waals surface area (Å²) in [4.78, 5) is 35.2. The first kappa shape index (κ1) is 17.4. The smallest absolute Gasteiger partial charge is 0.258 e. The molecule has 2 aromatic carbocycles. The fraction of sp³-hybridized carbons (Fsp3) is 0.158. The monoisotopic (exact) mass is 382 g/mol. The van der Waals surface area contributed by atoms with Gasteiger partial charge in [0.05, 0.1) is 11.4 Å². The van der Waals surface area contributed by atoms with Gasteiger partial charge < -0.3 is 5.32 Å². The topological polar surface area (TPSA) is 74.1 Å². The third-order valence-corrected chi connectivity index (χ3v) is 5.06. The summed E-state index contributed by atoms with van der Waals surface area (Å²) in [6.07, 6.45) is 0. The molecule has 6 nitrogen and oxygen atoms in total. The number of hydrogen-bond donors (Lipinski definition) is 1. The summed E-state index contributed by atoms with van der Waals surface area (Å²) in [5.74, 6) is -0.175. The van der Waals surface area contributed by atoms with E-state index >= 15 is 0 Å². The predicted molar refractivity (Wildman–Crippen MR) is 104 cm³/mol. The van der Waals surface area contributed by atoms with Crippen LogP contribution >= 0.6 is 11.8 Å². The Morgan fingerprint density at radius 3 is 2.74 bits per heavy atom. The highest BCUT2D eigenvalue weighted by atomic mass is 32.2. The van der Waals surface area contributed by atoms with Gasteiger partial charge in [-0.15, -0.1) is 0 Å². The van der Waals surface area contributed by atoms with Crippen LogP contribution in [0.1, 0.15) is 12.5 Å². The van der Waals surface area contributed by atoms with E-state index in [0.717, 1.165) is 23.0 Å². The van der Waals surface area contributed by atoms with E-state index in [4.69, 9.17) is 0 Å². The normalized spacial score (nSPS) is 17.8. The lowest BCUT2D eigenvalue weighted by Crippen LogP contribution is -2.41. The minimum absolute atomic E-state index is 0.0593. The van der Waals surface area contributed by atoms with Gasteiger partial charge in [-0.05, 0) is 43.3 Å². The van der Waals surface area contributed by atoms with Gasteiger partial charge in [-0.2, -0.15) is 0 Å². The molecule has 136 valence electrons. The fourth-order valence-corrected chi connectivity index (χ4v) is 3.63. The van der Waals surface area contributed by atoms with Crippen LogP contribution in [0.15, 0.2) is 58.5 Å². The van der Waals surface area contributed by atoms with Crippen LogP contribution in [-0.4, -0.2) is 39.5 Å². The first-order chi connectivity index (χ1) is 13.0. The number of anilines is 1. The van der Waals surface area contributed by atoms with Crippen molar-refractivity contribution in [2.45, 2.75) is 13.0 Å². The van der Waals surface area contributed by atoms with Gasteiger partial charge >= 0.3 is 0 Å². The molecule has 0 saturated carbocycles. The SMILES string of the molecule is C[C@H]1N=C2c3ccccc3N=C(SCC(=O)Nc3ccc(F)cc3)N2C1=O. The summed E-state index contributed by atoms with van der Waals surface area (Å²) in [7, 11) is 0. The molecule has 0 bridgehead atoms. The maximum atomic E-state index is 12.9. The van der Waals surface area contributed by atoms with Crippen LogP contribution < -0.4 is 5.32 Å². The number of carbonyl (C=O) groups is 2. The Balaban J connectivity index is 1.52. The Kier molecular flexibility index (Phi) is 4.49. The number of para-hydroxylation sites is 1. The van der Waals surface area contributed by atoms with E-state index in [1.807, 2.05) is 24.3 Å². The second-order valence-electron chi connectivity index (χ2n) is 6.06. The van der Waals surface area contributed by atoms with Crippen molar-refractivity contribution in [1.29, 1.82) is 0 Å². The molecule has 0 aliphatic carbocycles. The van der Waals surface area contributed by atoms with E-state index in [0.29, 0.717) is 16.7 Å². The van der Waals surface area contributed by atoms with Gasteiger partial charge in [-0.1, -0.05) is 23.9 Å². The summed E-state index contributed by atoms with van der Waals surface area (Å²) in [6, 6.07) is 12.5. The lowest BCUT2D eigenvalue weighted by atomic mass is 10.1. The zero-order chi connectivity index (χ0) is 19.0. The second kappa shape index (κ2) is 6.96. The predicted octanol–water partition coefficient (Wildman–Crippen LogP) is 3.18. The number of fused-ring (bicyclic) bond motifs is 3. The first-order valence-corrected chi connectivity index (χ1v) is 9.29. The van der Waals surface area contributed by atoms with Crippen molar-refractivity contribution in [2.75, 3.05) is 11.1 Å². The molecule has 0 unspecified atom stereocenters. The molecular formula is C19H15FN4O2S. The Morgan fingerprint density at radius 1 is 1.22 bits per heavy atom. The molecule has 0 spiro atoms. The van der Waals surface area contributed by atoms with Crippen LogP contribution in [0.3, 0.4) is 0 Å². The number of benzene rings is 2. The lowest BCUT2D eigenvalue weighted by Gasteiger charge is -2.25. The van der Waals surface area contributed by atoms with Gasteiger partial charge in [-0.25, -0.2) is 14.3 Å². The summed E-state index contributed by atoms with van der Waals surface area (Å²) >= 11 is 1.16. The Bertz CT molecular complexity index is 987. The Hall–Kier alpha value is -3.00. The highest BCUT2D eigenvalue weighted by Crippen LogP contribution is 2.33. The maximum Gasteiger partial charge on any atom is 0.258 e. The number of thioether (sulfide) groups is 1. The number of rotatable bonds is 3. The van der Waals surface area contributed by atoms with E-state index in [1.54, 1.807) is 6.92 Å². The van der Waals surface area contributed by atoms with Gasteiger partial charge in [0.1, 0.15) is 17.7 Å². The lowest BCUT2D eigenvalue weighted by molar-refractivity contribution is -0.124. The van der Waals surface area contributed by atoms with Gasteiger partial charge in [-0.3, -0.25) is 14.6 Å².